The molecule has 0 aliphatic carbocycles. The molecule has 15 heavy (non-hydrogen) atoms. The van der Waals surface area contributed by atoms with Gasteiger partial charge in [-0.15, -0.1) is 0 Å². The Morgan fingerprint density at radius 2 is 2.27 bits per heavy atom. The van der Waals surface area contributed by atoms with Gasteiger partial charge >= 0.3 is 0 Å². The molecule has 0 radical (unpaired) electrons. The van der Waals surface area contributed by atoms with Gasteiger partial charge in [0.2, 0.25) is 17.7 Å². The average molecular weight is 230 g/mol. The highest BCUT2D eigenvalue weighted by atomic mass is 31.1. The quantitative estimate of drug-likeness (QED) is 0.550. The molecule has 0 aromatic heterocycles. The topological polar surface area (TPSA) is 66.5 Å². The van der Waals surface area contributed by atoms with Crippen molar-refractivity contribution < 1.29 is 14.4 Å². The molecule has 0 spiro atoms. The van der Waals surface area contributed by atoms with E-state index in [4.69, 9.17) is 0 Å². The average Bonchev–Trinajstić information content (AvgIpc) is 2.40. The van der Waals surface area contributed by atoms with Crippen molar-refractivity contribution in [3.8, 4) is 0 Å². The fourth-order valence-electron chi connectivity index (χ4n) is 1.50. The molecule has 1 heterocycles. The van der Waals surface area contributed by atoms with Crippen LogP contribution in [0.1, 0.15) is 19.8 Å². The number of likely N-dealkylation sites (tertiary alicyclic amines) is 1. The number of amides is 3. The van der Waals surface area contributed by atoms with Crippen molar-refractivity contribution >= 4 is 26.5 Å². The Bertz CT molecular complexity index is 293. The van der Waals surface area contributed by atoms with E-state index in [-0.39, 0.29) is 43.0 Å². The molecule has 2 unspecified atom stereocenters. The molecule has 1 fully saturated rings. The van der Waals surface area contributed by atoms with Gasteiger partial charge in [0.25, 0.3) is 0 Å². The molecule has 5 nitrogen and oxygen atoms in total. The molecule has 1 aliphatic rings. The summed E-state index contributed by atoms with van der Waals surface area (Å²) in [6.45, 7) is 3.79. The Labute approximate surface area is 90.4 Å². The minimum absolute atomic E-state index is 0.115. The first-order valence-electron chi connectivity index (χ1n) is 4.86. The lowest BCUT2D eigenvalue weighted by Crippen LogP contribution is -2.33. The van der Waals surface area contributed by atoms with Gasteiger partial charge in [-0.3, -0.25) is 19.3 Å². The zero-order valence-corrected chi connectivity index (χ0v) is 9.87. The number of nitrogens with one attached hydrogen (secondary N) is 1. The van der Waals surface area contributed by atoms with Gasteiger partial charge in [-0.1, -0.05) is 6.92 Å². The van der Waals surface area contributed by atoms with Gasteiger partial charge in [-0.2, -0.15) is 0 Å². The summed E-state index contributed by atoms with van der Waals surface area (Å²) in [6, 6.07) is 0. The minimum atomic E-state index is -0.228. The van der Waals surface area contributed by atoms with Crippen molar-refractivity contribution in [1.82, 2.24) is 9.99 Å². The number of carbonyl (C=O) groups excluding carboxylic acids is 3. The van der Waals surface area contributed by atoms with E-state index in [1.165, 1.54) is 4.90 Å². The molecule has 6 heteroatoms. The van der Waals surface area contributed by atoms with Crippen molar-refractivity contribution in [2.75, 3.05) is 13.2 Å². The molecule has 1 N–H and O–H groups in total. The Kier molecular flexibility index (Phi) is 4.21. The summed E-state index contributed by atoms with van der Waals surface area (Å²) in [6.07, 6.45) is 0.473. The maximum Gasteiger partial charge on any atom is 0.232 e. The Morgan fingerprint density at radius 3 is 2.73 bits per heavy atom. The van der Waals surface area contributed by atoms with Crippen molar-refractivity contribution in [3.05, 3.63) is 0 Å². The van der Waals surface area contributed by atoms with Crippen LogP contribution in [0.15, 0.2) is 0 Å². The van der Waals surface area contributed by atoms with Gasteiger partial charge in [0.05, 0.1) is 0 Å². The molecule has 1 aliphatic heterocycles. The van der Waals surface area contributed by atoms with E-state index in [0.29, 0.717) is 8.73 Å². The molecule has 0 aromatic rings. The third-order valence-electron chi connectivity index (χ3n) is 2.30. The van der Waals surface area contributed by atoms with E-state index in [0.717, 1.165) is 0 Å². The van der Waals surface area contributed by atoms with Gasteiger partial charge in [0, 0.05) is 25.3 Å². The van der Waals surface area contributed by atoms with E-state index in [1.807, 2.05) is 6.66 Å². The van der Waals surface area contributed by atoms with Crippen LogP contribution >= 0.6 is 8.73 Å². The fourth-order valence-corrected chi connectivity index (χ4v) is 1.90. The van der Waals surface area contributed by atoms with Crippen molar-refractivity contribution in [3.63, 3.8) is 0 Å². The smallest absolute Gasteiger partial charge is 0.232 e. The lowest BCUT2D eigenvalue weighted by molar-refractivity contribution is -0.139. The van der Waals surface area contributed by atoms with Gasteiger partial charge in [-0.05, 0) is 15.4 Å². The summed E-state index contributed by atoms with van der Waals surface area (Å²) in [5, 5.41) is 2.65. The molecule has 2 atom stereocenters. The summed E-state index contributed by atoms with van der Waals surface area (Å²) in [5.41, 5.74) is 0. The van der Waals surface area contributed by atoms with Crippen LogP contribution in [0.3, 0.4) is 0 Å². The van der Waals surface area contributed by atoms with Crippen LogP contribution in [0.4, 0.5) is 0 Å². The second-order valence-corrected chi connectivity index (χ2v) is 4.29. The first kappa shape index (κ1) is 12.1. The van der Waals surface area contributed by atoms with Crippen molar-refractivity contribution in [1.29, 1.82) is 0 Å². The molecule has 0 bridgehead atoms. The largest absolute Gasteiger partial charge is 0.338 e. The lowest BCUT2D eigenvalue weighted by atomic mass is 10.1. The van der Waals surface area contributed by atoms with Crippen LogP contribution in [0.25, 0.3) is 0 Å². The minimum Gasteiger partial charge on any atom is -0.338 e. The van der Waals surface area contributed by atoms with Crippen LogP contribution in [0.2, 0.25) is 0 Å². The van der Waals surface area contributed by atoms with E-state index in [1.54, 1.807) is 6.92 Å². The predicted molar refractivity (Wildman–Crippen MR) is 57.5 cm³/mol. The van der Waals surface area contributed by atoms with Crippen LogP contribution in [-0.2, 0) is 14.4 Å². The number of nitrogens with zero attached hydrogens (tertiary/aromatic N) is 1. The monoisotopic (exact) mass is 230 g/mol. The SMILES string of the molecule is CPNC(=O)CCN1C(=O)CC(C)C1=O. The number of hydrogen-bond acceptors (Lipinski definition) is 3. The summed E-state index contributed by atoms with van der Waals surface area (Å²) in [4.78, 5) is 35.1. The van der Waals surface area contributed by atoms with Crippen LogP contribution in [0, 0.1) is 5.92 Å². The van der Waals surface area contributed by atoms with Crippen molar-refractivity contribution in [2.24, 2.45) is 5.92 Å². The number of rotatable bonds is 4. The number of hydrogen-bond donors (Lipinski definition) is 1. The molecular formula is C9H15N2O3P. The third-order valence-corrected chi connectivity index (χ3v) is 2.83. The predicted octanol–water partition coefficient (Wildman–Crippen LogP) is 0.111. The molecule has 0 saturated carbocycles. The number of imide groups is 1. The molecule has 84 valence electrons. The standard InChI is InChI=1S/C9H15N2O3P/c1-6-5-8(13)11(9(6)14)4-3-7(12)10-15-2/h6,15H,3-5H2,1-2H3,(H,10,12). The second-order valence-electron chi connectivity index (χ2n) is 3.54. The highest BCUT2D eigenvalue weighted by Crippen LogP contribution is 2.18. The molecule has 1 rings (SSSR count). The van der Waals surface area contributed by atoms with Crippen LogP contribution in [-0.4, -0.2) is 35.8 Å². The number of carbonyl (C=O) groups is 3. The van der Waals surface area contributed by atoms with E-state index in [9.17, 15) is 14.4 Å². The van der Waals surface area contributed by atoms with E-state index < -0.39 is 0 Å². The van der Waals surface area contributed by atoms with Gasteiger partial charge in [-0.25, -0.2) is 0 Å². The Hall–Kier alpha value is -0.960. The summed E-state index contributed by atoms with van der Waals surface area (Å²) in [7, 11) is 0.353. The zero-order valence-electron chi connectivity index (χ0n) is 8.87. The van der Waals surface area contributed by atoms with Gasteiger partial charge in [0.1, 0.15) is 0 Å². The maximum atomic E-state index is 11.5. The zero-order chi connectivity index (χ0) is 11.4. The van der Waals surface area contributed by atoms with Gasteiger partial charge < -0.3 is 5.09 Å². The summed E-state index contributed by atoms with van der Waals surface area (Å²) < 4.78 is 0. The maximum absolute atomic E-state index is 11.5. The summed E-state index contributed by atoms with van der Waals surface area (Å²) in [5.74, 6) is -0.671. The Balaban J connectivity index is 2.42. The van der Waals surface area contributed by atoms with Gasteiger partial charge in [0.15, 0.2) is 0 Å². The van der Waals surface area contributed by atoms with E-state index >= 15 is 0 Å². The van der Waals surface area contributed by atoms with Crippen LogP contribution in [0.5, 0.6) is 0 Å². The third kappa shape index (κ3) is 2.99. The normalized spacial score (nSPS) is 21.7. The molecule has 3 amide bonds. The first-order valence-corrected chi connectivity index (χ1v) is 6.36. The molecule has 1 saturated heterocycles. The highest BCUT2D eigenvalue weighted by molar-refractivity contribution is 7.35. The molecule has 0 aromatic carbocycles. The van der Waals surface area contributed by atoms with Crippen molar-refractivity contribution in [2.45, 2.75) is 19.8 Å². The second kappa shape index (κ2) is 5.21. The highest BCUT2D eigenvalue weighted by Gasteiger charge is 2.35. The fraction of sp³-hybridized carbons (Fsp3) is 0.667. The van der Waals surface area contributed by atoms with E-state index in [2.05, 4.69) is 5.09 Å². The summed E-state index contributed by atoms with van der Waals surface area (Å²) >= 11 is 0. The van der Waals surface area contributed by atoms with Crippen LogP contribution < -0.4 is 5.09 Å². The Morgan fingerprint density at radius 1 is 1.60 bits per heavy atom. The first-order chi connectivity index (χ1) is 7.06. The lowest BCUT2D eigenvalue weighted by Gasteiger charge is -2.13. The molecular weight excluding hydrogens is 215 g/mol.